The van der Waals surface area contributed by atoms with Gasteiger partial charge in [-0.3, -0.25) is 0 Å². The molecule has 0 fully saturated rings. The summed E-state index contributed by atoms with van der Waals surface area (Å²) in [5.41, 5.74) is 0.706. The molecule has 0 amide bonds. The Labute approximate surface area is 136 Å². The van der Waals surface area contributed by atoms with Crippen LogP contribution in [0.1, 0.15) is 23.4 Å². The van der Waals surface area contributed by atoms with Crippen molar-refractivity contribution in [3.63, 3.8) is 0 Å². The van der Waals surface area contributed by atoms with Gasteiger partial charge in [0.1, 0.15) is 5.82 Å². The third-order valence-electron chi connectivity index (χ3n) is 2.96. The van der Waals surface area contributed by atoms with Crippen molar-refractivity contribution in [2.45, 2.75) is 19.4 Å². The highest BCUT2D eigenvalue weighted by molar-refractivity contribution is 7.16. The van der Waals surface area contributed by atoms with Gasteiger partial charge in [0, 0.05) is 22.5 Å². The lowest BCUT2D eigenvalue weighted by molar-refractivity contribution is 0.569. The Morgan fingerprint density at radius 1 is 1.20 bits per heavy atom. The van der Waals surface area contributed by atoms with Crippen LogP contribution in [0.4, 0.5) is 4.39 Å². The van der Waals surface area contributed by atoms with Crippen molar-refractivity contribution in [3.8, 4) is 0 Å². The minimum atomic E-state index is -0.454. The Kier molecular flexibility index (Phi) is 5.70. The first-order valence-electron chi connectivity index (χ1n) is 6.09. The Morgan fingerprint density at radius 2 is 1.95 bits per heavy atom. The highest BCUT2D eigenvalue weighted by Gasteiger charge is 2.13. The smallest absolute Gasteiger partial charge is 0.142 e. The minimum Gasteiger partial charge on any atom is -0.310 e. The zero-order valence-electron chi connectivity index (χ0n) is 10.7. The van der Waals surface area contributed by atoms with E-state index in [2.05, 4.69) is 5.32 Å². The van der Waals surface area contributed by atoms with Gasteiger partial charge >= 0.3 is 0 Å². The lowest BCUT2D eigenvalue weighted by Gasteiger charge is -2.16. The van der Waals surface area contributed by atoms with Crippen LogP contribution in [0, 0.1) is 5.82 Å². The fourth-order valence-electron chi connectivity index (χ4n) is 1.88. The first-order chi connectivity index (χ1) is 9.47. The highest BCUT2D eigenvalue weighted by Crippen LogP contribution is 2.28. The Bertz CT molecular complexity index is 600. The molecule has 0 aliphatic carbocycles. The third kappa shape index (κ3) is 4.09. The number of halogens is 4. The van der Waals surface area contributed by atoms with Gasteiger partial charge in [-0.15, -0.1) is 11.3 Å². The molecule has 1 nitrogen and oxygen atoms in total. The standard InChI is InChI=1S/C14H13Cl3FNS/c1-8(10-6-13(18)12(16)7-11(10)15)19-5-4-9-2-3-14(17)20-9/h2-3,6-8,19H,4-5H2,1H3. The molecule has 1 atom stereocenters. The zero-order valence-corrected chi connectivity index (χ0v) is 13.8. The lowest BCUT2D eigenvalue weighted by Crippen LogP contribution is -2.21. The van der Waals surface area contributed by atoms with E-state index in [-0.39, 0.29) is 11.1 Å². The van der Waals surface area contributed by atoms with Crippen LogP contribution in [0.15, 0.2) is 24.3 Å². The molecule has 0 saturated heterocycles. The molecule has 1 aromatic heterocycles. The Hall–Kier alpha value is -0.320. The molecule has 0 aliphatic heterocycles. The predicted octanol–water partition coefficient (Wildman–Crippen LogP) is 5.74. The van der Waals surface area contributed by atoms with E-state index >= 15 is 0 Å². The van der Waals surface area contributed by atoms with E-state index in [0.717, 1.165) is 17.3 Å². The maximum absolute atomic E-state index is 13.5. The van der Waals surface area contributed by atoms with Crippen LogP contribution >= 0.6 is 46.1 Å². The molecule has 0 radical (unpaired) electrons. The van der Waals surface area contributed by atoms with Crippen molar-refractivity contribution in [3.05, 3.63) is 54.9 Å². The second kappa shape index (κ2) is 7.10. The first-order valence-corrected chi connectivity index (χ1v) is 8.04. The Morgan fingerprint density at radius 3 is 2.60 bits per heavy atom. The number of rotatable bonds is 5. The topological polar surface area (TPSA) is 12.0 Å². The maximum atomic E-state index is 13.5. The number of hydrogen-bond donors (Lipinski definition) is 1. The van der Waals surface area contributed by atoms with Gasteiger partial charge in [-0.25, -0.2) is 4.39 Å². The van der Waals surface area contributed by atoms with E-state index in [4.69, 9.17) is 34.8 Å². The van der Waals surface area contributed by atoms with E-state index < -0.39 is 5.82 Å². The summed E-state index contributed by atoms with van der Waals surface area (Å²) in [6.45, 7) is 2.70. The van der Waals surface area contributed by atoms with Crippen LogP contribution in [0.2, 0.25) is 14.4 Å². The second-order valence-electron chi connectivity index (χ2n) is 4.42. The van der Waals surface area contributed by atoms with E-state index in [1.807, 2.05) is 19.1 Å². The molecule has 1 N–H and O–H groups in total. The Balaban J connectivity index is 1.95. The van der Waals surface area contributed by atoms with Crippen molar-refractivity contribution in [2.24, 2.45) is 0 Å². The summed E-state index contributed by atoms with van der Waals surface area (Å²) in [7, 11) is 0. The predicted molar refractivity (Wildman–Crippen MR) is 85.9 cm³/mol. The number of nitrogens with one attached hydrogen (secondary N) is 1. The molecule has 2 rings (SSSR count). The largest absolute Gasteiger partial charge is 0.310 e. The summed E-state index contributed by atoms with van der Waals surface area (Å²) < 4.78 is 14.3. The van der Waals surface area contributed by atoms with Gasteiger partial charge < -0.3 is 5.32 Å². The monoisotopic (exact) mass is 351 g/mol. The molecule has 1 unspecified atom stereocenters. The average Bonchev–Trinajstić information content (AvgIpc) is 2.79. The number of benzene rings is 1. The van der Waals surface area contributed by atoms with Crippen molar-refractivity contribution < 1.29 is 4.39 Å². The molecular formula is C14H13Cl3FNS. The van der Waals surface area contributed by atoms with Crippen LogP contribution in [0.3, 0.4) is 0 Å². The van der Waals surface area contributed by atoms with Crippen molar-refractivity contribution in [1.29, 1.82) is 0 Å². The highest BCUT2D eigenvalue weighted by atomic mass is 35.5. The molecule has 0 spiro atoms. The molecule has 1 heterocycles. The van der Waals surface area contributed by atoms with Crippen LogP contribution in [0.25, 0.3) is 0 Å². The zero-order chi connectivity index (χ0) is 14.7. The van der Waals surface area contributed by atoms with Crippen molar-refractivity contribution in [2.75, 3.05) is 6.54 Å². The summed E-state index contributed by atoms with van der Waals surface area (Å²) in [5.74, 6) is -0.454. The van der Waals surface area contributed by atoms with Gasteiger partial charge in [0.2, 0.25) is 0 Å². The van der Waals surface area contributed by atoms with Gasteiger partial charge in [0.25, 0.3) is 0 Å². The quantitative estimate of drug-likeness (QED) is 0.676. The molecule has 0 saturated carbocycles. The van der Waals surface area contributed by atoms with Crippen molar-refractivity contribution >= 4 is 46.1 Å². The minimum absolute atomic E-state index is 0.0409. The number of thiophene rings is 1. The second-order valence-corrected chi connectivity index (χ2v) is 7.03. The van der Waals surface area contributed by atoms with Gasteiger partial charge in [-0.05, 0) is 43.2 Å². The van der Waals surface area contributed by atoms with Crippen molar-refractivity contribution in [1.82, 2.24) is 5.32 Å². The van der Waals surface area contributed by atoms with Gasteiger partial charge in [0.05, 0.1) is 9.36 Å². The summed E-state index contributed by atoms with van der Waals surface area (Å²) in [5, 5.41) is 3.82. The van der Waals surface area contributed by atoms with Gasteiger partial charge in [-0.1, -0.05) is 34.8 Å². The molecule has 108 valence electrons. The molecule has 0 bridgehead atoms. The van der Waals surface area contributed by atoms with E-state index in [9.17, 15) is 4.39 Å². The lowest BCUT2D eigenvalue weighted by atomic mass is 10.1. The molecule has 6 heteroatoms. The summed E-state index contributed by atoms with van der Waals surface area (Å²) >= 11 is 19.2. The average molecular weight is 353 g/mol. The molecule has 20 heavy (non-hydrogen) atoms. The van der Waals surface area contributed by atoms with Crippen LogP contribution < -0.4 is 5.32 Å². The maximum Gasteiger partial charge on any atom is 0.142 e. The summed E-state index contributed by atoms with van der Waals surface area (Å²) in [4.78, 5) is 1.21. The van der Waals surface area contributed by atoms with Crippen LogP contribution in [0.5, 0.6) is 0 Å². The van der Waals surface area contributed by atoms with E-state index in [1.165, 1.54) is 17.0 Å². The molecule has 1 aromatic carbocycles. The van der Waals surface area contributed by atoms with E-state index in [1.54, 1.807) is 11.3 Å². The van der Waals surface area contributed by atoms with Crippen LogP contribution in [-0.2, 0) is 6.42 Å². The van der Waals surface area contributed by atoms with Crippen LogP contribution in [-0.4, -0.2) is 6.54 Å². The summed E-state index contributed by atoms with van der Waals surface area (Å²) in [6.07, 6.45) is 0.870. The van der Waals surface area contributed by atoms with E-state index in [0.29, 0.717) is 10.6 Å². The fraction of sp³-hybridized carbons (Fsp3) is 0.286. The molecule has 0 aliphatic rings. The van der Waals surface area contributed by atoms with Gasteiger partial charge in [-0.2, -0.15) is 0 Å². The first kappa shape index (κ1) is 16.1. The normalized spacial score (nSPS) is 12.7. The fourth-order valence-corrected chi connectivity index (χ4v) is 3.51. The number of hydrogen-bond acceptors (Lipinski definition) is 2. The summed E-state index contributed by atoms with van der Waals surface area (Å²) in [6, 6.07) is 6.66. The van der Waals surface area contributed by atoms with Gasteiger partial charge in [0.15, 0.2) is 0 Å². The molecular weight excluding hydrogens is 340 g/mol. The SMILES string of the molecule is CC(NCCc1ccc(Cl)s1)c1cc(F)c(Cl)cc1Cl. The molecule has 2 aromatic rings. The third-order valence-corrected chi connectivity index (χ3v) is 4.86.